The van der Waals surface area contributed by atoms with E-state index in [1.165, 1.54) is 0 Å². The first-order valence-corrected chi connectivity index (χ1v) is 6.23. The summed E-state index contributed by atoms with van der Waals surface area (Å²) in [5.41, 5.74) is 1.78. The number of aliphatic hydroxyl groups is 2. The second-order valence-electron chi connectivity index (χ2n) is 4.21. The van der Waals surface area contributed by atoms with Gasteiger partial charge in [-0.25, -0.2) is 0 Å². The summed E-state index contributed by atoms with van der Waals surface area (Å²) in [4.78, 5) is 0. The van der Waals surface area contributed by atoms with Crippen LogP contribution in [-0.2, 0) is 0 Å². The summed E-state index contributed by atoms with van der Waals surface area (Å²) in [6, 6.07) is 11.8. The normalized spacial score (nSPS) is 14.8. The summed E-state index contributed by atoms with van der Waals surface area (Å²) in [5, 5.41) is 22.0. The van der Waals surface area contributed by atoms with Crippen LogP contribution < -0.4 is 0 Å². The summed E-state index contributed by atoms with van der Waals surface area (Å²) >= 11 is 4.02. The standard InChI is InChI=1S/C14H16O2S/c1-9-6-7-10-4-2-3-5-11(10)13(9)14(16)12(15)8-17/h2-7,12,14-17H,8H2,1H3. The molecule has 2 nitrogen and oxygen atoms in total. The van der Waals surface area contributed by atoms with Gasteiger partial charge in [-0.15, -0.1) is 0 Å². The second kappa shape index (κ2) is 5.08. The number of hydrogen-bond acceptors (Lipinski definition) is 3. The smallest absolute Gasteiger partial charge is 0.106 e. The predicted molar refractivity (Wildman–Crippen MR) is 73.5 cm³/mol. The maximum Gasteiger partial charge on any atom is 0.106 e. The van der Waals surface area contributed by atoms with Crippen molar-refractivity contribution in [3.8, 4) is 0 Å². The van der Waals surface area contributed by atoms with Gasteiger partial charge in [-0.2, -0.15) is 12.6 Å². The molecule has 0 aliphatic heterocycles. The Labute approximate surface area is 106 Å². The summed E-state index contributed by atoms with van der Waals surface area (Å²) in [7, 11) is 0. The van der Waals surface area contributed by atoms with Gasteiger partial charge >= 0.3 is 0 Å². The topological polar surface area (TPSA) is 40.5 Å². The highest BCUT2D eigenvalue weighted by atomic mass is 32.1. The molecule has 0 spiro atoms. The minimum Gasteiger partial charge on any atom is -0.389 e. The van der Waals surface area contributed by atoms with Crippen molar-refractivity contribution < 1.29 is 10.2 Å². The highest BCUT2D eigenvalue weighted by Crippen LogP contribution is 2.29. The molecule has 0 aromatic heterocycles. The number of fused-ring (bicyclic) bond motifs is 1. The Morgan fingerprint density at radius 2 is 1.82 bits per heavy atom. The first-order chi connectivity index (χ1) is 8.15. The molecule has 2 aromatic carbocycles. The molecule has 2 rings (SSSR count). The number of aliphatic hydroxyl groups excluding tert-OH is 2. The minimum atomic E-state index is -0.890. The second-order valence-corrected chi connectivity index (χ2v) is 4.58. The molecule has 0 aliphatic rings. The maximum atomic E-state index is 10.2. The fourth-order valence-electron chi connectivity index (χ4n) is 2.09. The van der Waals surface area contributed by atoms with Crippen molar-refractivity contribution in [1.29, 1.82) is 0 Å². The van der Waals surface area contributed by atoms with Gasteiger partial charge in [0, 0.05) is 5.75 Å². The number of thiol groups is 1. The molecule has 0 saturated heterocycles. The van der Waals surface area contributed by atoms with Crippen LogP contribution in [0.1, 0.15) is 17.2 Å². The van der Waals surface area contributed by atoms with Crippen molar-refractivity contribution >= 4 is 23.4 Å². The van der Waals surface area contributed by atoms with Gasteiger partial charge in [0.2, 0.25) is 0 Å². The summed E-state index contributed by atoms with van der Waals surface area (Å²) < 4.78 is 0. The third-order valence-corrected chi connectivity index (χ3v) is 3.41. The molecule has 0 amide bonds. The molecule has 17 heavy (non-hydrogen) atoms. The summed E-state index contributed by atoms with van der Waals surface area (Å²) in [5.74, 6) is 0.240. The van der Waals surface area contributed by atoms with Crippen molar-refractivity contribution in [3.05, 3.63) is 47.5 Å². The number of rotatable bonds is 3. The molecule has 0 bridgehead atoms. The van der Waals surface area contributed by atoms with Crippen molar-refractivity contribution in [1.82, 2.24) is 0 Å². The van der Waals surface area contributed by atoms with E-state index < -0.39 is 12.2 Å². The van der Waals surface area contributed by atoms with Crippen LogP contribution in [0.4, 0.5) is 0 Å². The molecule has 2 N–H and O–H groups in total. The Morgan fingerprint density at radius 3 is 2.53 bits per heavy atom. The van der Waals surface area contributed by atoms with Gasteiger partial charge in [0.1, 0.15) is 6.10 Å². The molecule has 0 saturated carbocycles. The van der Waals surface area contributed by atoms with Crippen LogP contribution >= 0.6 is 12.6 Å². The minimum absolute atomic E-state index is 0.240. The van der Waals surface area contributed by atoms with Crippen molar-refractivity contribution in [2.75, 3.05) is 5.75 Å². The van der Waals surface area contributed by atoms with Crippen LogP contribution in [0, 0.1) is 6.92 Å². The third kappa shape index (κ3) is 2.32. The molecule has 3 heteroatoms. The summed E-state index contributed by atoms with van der Waals surface area (Å²) in [6.45, 7) is 1.94. The van der Waals surface area contributed by atoms with E-state index in [9.17, 15) is 10.2 Å². The van der Waals surface area contributed by atoms with Gasteiger partial charge in [-0.05, 0) is 28.8 Å². The molecule has 2 aromatic rings. The lowest BCUT2D eigenvalue weighted by molar-refractivity contribution is 0.0343. The SMILES string of the molecule is Cc1ccc2ccccc2c1C(O)C(O)CS. The van der Waals surface area contributed by atoms with E-state index in [2.05, 4.69) is 12.6 Å². The lowest BCUT2D eigenvalue weighted by Crippen LogP contribution is -2.20. The average molecular weight is 248 g/mol. The monoisotopic (exact) mass is 248 g/mol. The largest absolute Gasteiger partial charge is 0.389 e. The van der Waals surface area contributed by atoms with Gasteiger partial charge < -0.3 is 10.2 Å². The number of hydrogen-bond donors (Lipinski definition) is 3. The zero-order valence-corrected chi connectivity index (χ0v) is 10.6. The first-order valence-electron chi connectivity index (χ1n) is 5.60. The van der Waals surface area contributed by atoms with E-state index in [0.29, 0.717) is 0 Å². The van der Waals surface area contributed by atoms with E-state index in [4.69, 9.17) is 0 Å². The molecule has 0 heterocycles. The van der Waals surface area contributed by atoms with Crippen LogP contribution in [0.25, 0.3) is 10.8 Å². The molecular formula is C14H16O2S. The zero-order chi connectivity index (χ0) is 12.4. The van der Waals surface area contributed by atoms with Gasteiger partial charge in [0.25, 0.3) is 0 Å². The Hall–Kier alpha value is -1.03. The van der Waals surface area contributed by atoms with Gasteiger partial charge in [-0.3, -0.25) is 0 Å². The van der Waals surface area contributed by atoms with Gasteiger partial charge in [-0.1, -0.05) is 36.4 Å². The van der Waals surface area contributed by atoms with E-state index in [-0.39, 0.29) is 5.75 Å². The third-order valence-electron chi connectivity index (χ3n) is 3.04. The highest BCUT2D eigenvalue weighted by molar-refractivity contribution is 7.80. The Balaban J connectivity index is 2.62. The van der Waals surface area contributed by atoms with Gasteiger partial charge in [0.05, 0.1) is 6.10 Å². The molecule has 2 atom stereocenters. The highest BCUT2D eigenvalue weighted by Gasteiger charge is 2.20. The molecule has 0 fully saturated rings. The lowest BCUT2D eigenvalue weighted by Gasteiger charge is -2.20. The zero-order valence-electron chi connectivity index (χ0n) is 9.67. The molecular weight excluding hydrogens is 232 g/mol. The molecule has 0 radical (unpaired) electrons. The number of aryl methyl sites for hydroxylation is 1. The molecule has 2 unspecified atom stereocenters. The fraction of sp³-hybridized carbons (Fsp3) is 0.286. The summed E-state index contributed by atoms with van der Waals surface area (Å²) in [6.07, 6.45) is -1.73. The van der Waals surface area contributed by atoms with Crippen LogP contribution in [0.3, 0.4) is 0 Å². The van der Waals surface area contributed by atoms with Crippen LogP contribution in [-0.4, -0.2) is 22.1 Å². The maximum absolute atomic E-state index is 10.2. The Morgan fingerprint density at radius 1 is 1.12 bits per heavy atom. The molecule has 90 valence electrons. The van der Waals surface area contributed by atoms with Crippen LogP contribution in [0.2, 0.25) is 0 Å². The van der Waals surface area contributed by atoms with Crippen LogP contribution in [0.5, 0.6) is 0 Å². The van der Waals surface area contributed by atoms with E-state index in [0.717, 1.165) is 21.9 Å². The fourth-order valence-corrected chi connectivity index (χ4v) is 2.29. The van der Waals surface area contributed by atoms with Crippen molar-refractivity contribution in [3.63, 3.8) is 0 Å². The van der Waals surface area contributed by atoms with Crippen LogP contribution in [0.15, 0.2) is 36.4 Å². The Kier molecular flexibility index (Phi) is 3.72. The first kappa shape index (κ1) is 12.4. The average Bonchev–Trinajstić information content (AvgIpc) is 2.37. The Bertz CT molecular complexity index is 525. The van der Waals surface area contributed by atoms with Gasteiger partial charge in [0.15, 0.2) is 0 Å². The lowest BCUT2D eigenvalue weighted by atomic mass is 9.93. The van der Waals surface area contributed by atoms with Crippen molar-refractivity contribution in [2.45, 2.75) is 19.1 Å². The molecule has 0 aliphatic carbocycles. The number of benzene rings is 2. The quantitative estimate of drug-likeness (QED) is 0.730. The predicted octanol–water partition coefficient (Wildman–Crippen LogP) is 2.47. The van der Waals surface area contributed by atoms with E-state index in [1.54, 1.807) is 0 Å². The van der Waals surface area contributed by atoms with E-state index >= 15 is 0 Å². The van der Waals surface area contributed by atoms with Crippen molar-refractivity contribution in [2.24, 2.45) is 0 Å². The van der Waals surface area contributed by atoms with E-state index in [1.807, 2.05) is 43.3 Å².